The topological polar surface area (TPSA) is 73.6 Å². The number of nitrogens with one attached hydrogen (secondary N) is 1. The summed E-state index contributed by atoms with van der Waals surface area (Å²) in [5, 5.41) is 16.0. The number of carboxylic acid groups (broad SMARTS) is 1. The molecule has 0 saturated carbocycles. The molecule has 0 aromatic heterocycles. The van der Waals surface area contributed by atoms with Crippen molar-refractivity contribution in [2.75, 3.05) is 13.7 Å². The minimum Gasteiger partial charge on any atom is -0.483 e. The van der Waals surface area contributed by atoms with Crippen molar-refractivity contribution in [2.24, 2.45) is 0 Å². The fourth-order valence-electron chi connectivity index (χ4n) is 1.40. The highest BCUT2D eigenvalue weighted by Gasteiger charge is 2.32. The van der Waals surface area contributed by atoms with Crippen molar-refractivity contribution in [1.29, 1.82) is 5.41 Å². The van der Waals surface area contributed by atoms with E-state index in [2.05, 4.69) is 0 Å². The molecule has 1 saturated heterocycles. The highest BCUT2D eigenvalue weighted by molar-refractivity contribution is 5.83. The lowest BCUT2D eigenvalue weighted by atomic mass is 10.2. The summed E-state index contributed by atoms with van der Waals surface area (Å²) in [6.45, 7) is 0.506. The van der Waals surface area contributed by atoms with Gasteiger partial charge in [0.25, 0.3) is 0 Å². The first-order valence-corrected chi connectivity index (χ1v) is 3.79. The summed E-state index contributed by atoms with van der Waals surface area (Å²) in [5.41, 5.74) is 0. The van der Waals surface area contributed by atoms with E-state index in [1.54, 1.807) is 0 Å². The minimum atomic E-state index is -0.973. The number of likely N-dealkylation sites (tertiary alicyclic amines) is 1. The number of nitrogens with zero attached hydrogens (tertiary/aromatic N) is 1. The summed E-state index contributed by atoms with van der Waals surface area (Å²) in [6.07, 6.45) is 0.529. The number of ether oxygens (including phenoxy) is 1. The highest BCUT2D eigenvalue weighted by atomic mass is 16.5. The van der Waals surface area contributed by atoms with Crippen molar-refractivity contribution >= 4 is 12.0 Å². The van der Waals surface area contributed by atoms with Crippen molar-refractivity contribution in [1.82, 2.24) is 4.90 Å². The first-order chi connectivity index (χ1) is 5.66. The third-order valence-corrected chi connectivity index (χ3v) is 2.02. The summed E-state index contributed by atoms with van der Waals surface area (Å²) >= 11 is 0. The molecule has 1 amide bonds. The second-order valence-electron chi connectivity index (χ2n) is 2.70. The molecule has 68 valence electrons. The molecule has 0 unspecified atom stereocenters. The lowest BCUT2D eigenvalue weighted by molar-refractivity contribution is 0.145. The van der Waals surface area contributed by atoms with Crippen LogP contribution in [0.4, 0.5) is 4.79 Å². The summed E-state index contributed by atoms with van der Waals surface area (Å²) in [6, 6.07) is -0.368. The third-order valence-electron chi connectivity index (χ3n) is 2.02. The van der Waals surface area contributed by atoms with Crippen LogP contribution < -0.4 is 0 Å². The fourth-order valence-corrected chi connectivity index (χ4v) is 1.40. The summed E-state index contributed by atoms with van der Waals surface area (Å²) < 4.78 is 4.69. The monoisotopic (exact) mass is 172 g/mol. The predicted octanol–water partition coefficient (Wildman–Crippen LogP) is 0.752. The zero-order chi connectivity index (χ0) is 9.14. The molecule has 5 nitrogen and oxygen atoms in total. The van der Waals surface area contributed by atoms with Crippen LogP contribution in [0.3, 0.4) is 0 Å². The molecule has 0 aliphatic carbocycles. The van der Waals surface area contributed by atoms with E-state index in [1.807, 2.05) is 0 Å². The van der Waals surface area contributed by atoms with Gasteiger partial charge in [-0.05, 0) is 12.8 Å². The molecular formula is C7H12N2O3. The molecule has 0 aromatic carbocycles. The Morgan fingerprint density at radius 1 is 1.75 bits per heavy atom. The normalized spacial score (nSPS) is 22.4. The maximum absolute atomic E-state index is 10.6. The highest BCUT2D eigenvalue weighted by Crippen LogP contribution is 2.18. The fraction of sp³-hybridized carbons (Fsp3) is 0.714. The van der Waals surface area contributed by atoms with Crippen LogP contribution in [-0.2, 0) is 4.74 Å². The number of hydrogen-bond acceptors (Lipinski definition) is 3. The van der Waals surface area contributed by atoms with Gasteiger partial charge < -0.3 is 9.84 Å². The average molecular weight is 172 g/mol. The van der Waals surface area contributed by atoms with E-state index in [-0.39, 0.29) is 11.9 Å². The molecule has 0 bridgehead atoms. The third kappa shape index (κ3) is 1.49. The van der Waals surface area contributed by atoms with E-state index in [9.17, 15) is 4.79 Å². The first kappa shape index (κ1) is 8.83. The van der Waals surface area contributed by atoms with Crippen molar-refractivity contribution in [3.63, 3.8) is 0 Å². The Labute approximate surface area is 70.4 Å². The minimum absolute atomic E-state index is 0.0369. The van der Waals surface area contributed by atoms with Gasteiger partial charge in [-0.15, -0.1) is 0 Å². The molecule has 1 fully saturated rings. The molecule has 0 spiro atoms. The Balaban J connectivity index is 2.63. The Morgan fingerprint density at radius 2 is 2.42 bits per heavy atom. The number of methoxy groups -OCH3 is 1. The molecule has 12 heavy (non-hydrogen) atoms. The van der Waals surface area contributed by atoms with Crippen LogP contribution in [0, 0.1) is 5.41 Å². The van der Waals surface area contributed by atoms with Crippen molar-refractivity contribution in [3.05, 3.63) is 0 Å². The molecule has 2 N–H and O–H groups in total. The van der Waals surface area contributed by atoms with Crippen LogP contribution in [0.25, 0.3) is 0 Å². The summed E-state index contributed by atoms with van der Waals surface area (Å²) in [4.78, 5) is 11.8. The van der Waals surface area contributed by atoms with Crippen LogP contribution in [0.2, 0.25) is 0 Å². The second-order valence-corrected chi connectivity index (χ2v) is 2.70. The lowest BCUT2D eigenvalue weighted by Crippen LogP contribution is -2.39. The summed E-state index contributed by atoms with van der Waals surface area (Å²) in [5.74, 6) is 0.0369. The van der Waals surface area contributed by atoms with E-state index in [1.165, 1.54) is 12.0 Å². The second kappa shape index (κ2) is 3.42. The summed E-state index contributed by atoms with van der Waals surface area (Å²) in [7, 11) is 1.39. The van der Waals surface area contributed by atoms with Crippen LogP contribution >= 0.6 is 0 Å². The molecule has 1 aliphatic rings. The van der Waals surface area contributed by atoms with Gasteiger partial charge >= 0.3 is 6.09 Å². The Kier molecular flexibility index (Phi) is 2.52. The van der Waals surface area contributed by atoms with Crippen molar-refractivity contribution in [2.45, 2.75) is 18.9 Å². The van der Waals surface area contributed by atoms with Gasteiger partial charge in [0.15, 0.2) is 0 Å². The molecular weight excluding hydrogens is 160 g/mol. The van der Waals surface area contributed by atoms with E-state index in [0.29, 0.717) is 13.0 Å². The molecule has 1 rings (SSSR count). The van der Waals surface area contributed by atoms with Crippen molar-refractivity contribution in [3.8, 4) is 0 Å². The predicted molar refractivity (Wildman–Crippen MR) is 42.5 cm³/mol. The van der Waals surface area contributed by atoms with Gasteiger partial charge in [0.05, 0.1) is 7.11 Å². The quantitative estimate of drug-likeness (QED) is 0.452. The molecule has 1 heterocycles. The molecule has 0 aromatic rings. The Morgan fingerprint density at radius 3 is 2.92 bits per heavy atom. The Hall–Kier alpha value is -1.26. The zero-order valence-electron chi connectivity index (χ0n) is 6.91. The zero-order valence-corrected chi connectivity index (χ0v) is 6.91. The maximum atomic E-state index is 10.6. The molecule has 1 atom stereocenters. The number of rotatable bonds is 1. The largest absolute Gasteiger partial charge is 0.483 e. The van der Waals surface area contributed by atoms with Crippen LogP contribution in [-0.4, -0.2) is 41.7 Å². The van der Waals surface area contributed by atoms with E-state index < -0.39 is 6.09 Å². The Bertz CT molecular complexity index is 205. The smallest absolute Gasteiger partial charge is 0.407 e. The van der Waals surface area contributed by atoms with Crippen LogP contribution in [0.5, 0.6) is 0 Å². The number of hydrogen-bond donors (Lipinski definition) is 2. The number of amides is 1. The maximum Gasteiger partial charge on any atom is 0.407 e. The van der Waals surface area contributed by atoms with Crippen LogP contribution in [0.1, 0.15) is 12.8 Å². The van der Waals surface area contributed by atoms with Gasteiger partial charge in [0.1, 0.15) is 6.04 Å². The standard InChI is InChI=1S/C7H12N2O3/c1-12-6(8)5-3-2-4-9(5)7(10)11/h5,8H,2-4H2,1H3,(H,10,11)/t5-/m1/s1. The van der Waals surface area contributed by atoms with Gasteiger partial charge in [0, 0.05) is 6.54 Å². The van der Waals surface area contributed by atoms with E-state index in [4.69, 9.17) is 15.3 Å². The van der Waals surface area contributed by atoms with Gasteiger partial charge in [-0.25, -0.2) is 4.79 Å². The van der Waals surface area contributed by atoms with E-state index in [0.717, 1.165) is 6.42 Å². The van der Waals surface area contributed by atoms with Gasteiger partial charge in [-0.1, -0.05) is 0 Å². The van der Waals surface area contributed by atoms with Gasteiger partial charge in [-0.3, -0.25) is 10.3 Å². The molecule has 5 heteroatoms. The van der Waals surface area contributed by atoms with Crippen molar-refractivity contribution < 1.29 is 14.6 Å². The first-order valence-electron chi connectivity index (χ1n) is 3.79. The average Bonchev–Trinajstić information content (AvgIpc) is 2.50. The van der Waals surface area contributed by atoms with Gasteiger partial charge in [-0.2, -0.15) is 0 Å². The number of carbonyl (C=O) groups is 1. The van der Waals surface area contributed by atoms with Gasteiger partial charge in [0.2, 0.25) is 5.90 Å². The molecule has 0 radical (unpaired) electrons. The van der Waals surface area contributed by atoms with E-state index >= 15 is 0 Å². The lowest BCUT2D eigenvalue weighted by Gasteiger charge is -2.20. The SMILES string of the molecule is COC(=N)[C@H]1CCCN1C(=O)O. The van der Waals surface area contributed by atoms with Crippen LogP contribution in [0.15, 0.2) is 0 Å². The molecule has 1 aliphatic heterocycles.